The Kier molecular flexibility index (Phi) is 5.08. The number of aromatic amines is 1. The highest BCUT2D eigenvalue weighted by Gasteiger charge is 2.23. The Bertz CT molecular complexity index is 817. The Hall–Kier alpha value is -3.03. The molecule has 8 nitrogen and oxygen atoms in total. The van der Waals surface area contributed by atoms with Crippen LogP contribution in [-0.2, 0) is 16.0 Å². The quantitative estimate of drug-likeness (QED) is 0.830. The van der Waals surface area contributed by atoms with Crippen molar-refractivity contribution in [2.24, 2.45) is 0 Å². The zero-order valence-electron chi connectivity index (χ0n) is 13.6. The number of H-pyrrole nitrogens is 1. The normalized spacial score (nSPS) is 11.8. The summed E-state index contributed by atoms with van der Waals surface area (Å²) in [6.07, 6.45) is 2.97. The van der Waals surface area contributed by atoms with Crippen LogP contribution in [0.3, 0.4) is 0 Å². The van der Waals surface area contributed by atoms with Crippen molar-refractivity contribution in [2.75, 3.05) is 7.05 Å². The molecule has 2 rings (SSSR count). The smallest absolute Gasteiger partial charge is 0.326 e. The molecule has 1 amide bonds. The van der Waals surface area contributed by atoms with Gasteiger partial charge in [-0.2, -0.15) is 0 Å². The molecule has 0 spiro atoms. The highest BCUT2D eigenvalue weighted by molar-refractivity contribution is 5.84. The van der Waals surface area contributed by atoms with Crippen LogP contribution < -0.4 is 5.56 Å². The van der Waals surface area contributed by atoms with Crippen LogP contribution in [0.25, 0.3) is 11.4 Å². The summed E-state index contributed by atoms with van der Waals surface area (Å²) in [7, 11) is 1.39. The second kappa shape index (κ2) is 7.03. The van der Waals surface area contributed by atoms with Crippen molar-refractivity contribution in [3.63, 3.8) is 0 Å². The van der Waals surface area contributed by atoms with Crippen molar-refractivity contribution < 1.29 is 14.7 Å². The number of carbonyl (C=O) groups excluding carboxylic acids is 1. The lowest BCUT2D eigenvalue weighted by Gasteiger charge is -2.21. The number of aromatic nitrogens is 3. The van der Waals surface area contributed by atoms with Gasteiger partial charge in [0.25, 0.3) is 5.56 Å². The summed E-state index contributed by atoms with van der Waals surface area (Å²) in [6.45, 7) is 3.04. The van der Waals surface area contributed by atoms with Crippen LogP contribution in [0, 0.1) is 6.92 Å². The second-order valence-electron chi connectivity index (χ2n) is 5.42. The van der Waals surface area contributed by atoms with E-state index in [-0.39, 0.29) is 12.0 Å². The summed E-state index contributed by atoms with van der Waals surface area (Å²) in [6, 6.07) is 2.52. The van der Waals surface area contributed by atoms with Gasteiger partial charge in [-0.05, 0) is 26.0 Å². The number of rotatable bonds is 5. The zero-order chi connectivity index (χ0) is 17.9. The minimum absolute atomic E-state index is 0.213. The Morgan fingerprint density at radius 3 is 2.67 bits per heavy atom. The highest BCUT2D eigenvalue weighted by atomic mass is 16.4. The largest absolute Gasteiger partial charge is 0.480 e. The lowest BCUT2D eigenvalue weighted by molar-refractivity contribution is -0.148. The fourth-order valence-electron chi connectivity index (χ4n) is 2.12. The first-order valence-electron chi connectivity index (χ1n) is 7.30. The molecule has 2 aromatic heterocycles. The number of amides is 1. The van der Waals surface area contributed by atoms with E-state index >= 15 is 0 Å². The van der Waals surface area contributed by atoms with Crippen molar-refractivity contribution in [3.8, 4) is 11.4 Å². The van der Waals surface area contributed by atoms with E-state index in [4.69, 9.17) is 5.11 Å². The van der Waals surface area contributed by atoms with E-state index in [1.165, 1.54) is 14.0 Å². The first-order valence-corrected chi connectivity index (χ1v) is 7.30. The van der Waals surface area contributed by atoms with Gasteiger partial charge in [-0.3, -0.25) is 14.6 Å². The van der Waals surface area contributed by atoms with E-state index in [0.717, 1.165) is 4.90 Å². The third-order valence-electron chi connectivity index (χ3n) is 3.82. The number of aryl methyl sites for hydroxylation is 1. The maximum atomic E-state index is 12.3. The number of pyridine rings is 1. The van der Waals surface area contributed by atoms with Gasteiger partial charge in [0.2, 0.25) is 5.91 Å². The van der Waals surface area contributed by atoms with Crippen LogP contribution in [0.4, 0.5) is 0 Å². The number of carboxylic acids is 1. The predicted octanol–water partition coefficient (Wildman–Crippen LogP) is 0.614. The molecule has 2 N–H and O–H groups in total. The van der Waals surface area contributed by atoms with Crippen molar-refractivity contribution in [2.45, 2.75) is 26.3 Å². The van der Waals surface area contributed by atoms with Crippen molar-refractivity contribution in [1.82, 2.24) is 19.9 Å². The summed E-state index contributed by atoms with van der Waals surface area (Å²) in [5, 5.41) is 8.96. The maximum Gasteiger partial charge on any atom is 0.326 e. The second-order valence-corrected chi connectivity index (χ2v) is 5.42. The maximum absolute atomic E-state index is 12.3. The molecule has 126 valence electrons. The Morgan fingerprint density at radius 1 is 1.42 bits per heavy atom. The molecule has 2 aromatic rings. The topological polar surface area (TPSA) is 116 Å². The lowest BCUT2D eigenvalue weighted by Crippen LogP contribution is -2.41. The molecule has 8 heteroatoms. The van der Waals surface area contributed by atoms with E-state index in [2.05, 4.69) is 15.0 Å². The van der Waals surface area contributed by atoms with E-state index in [1.54, 1.807) is 31.5 Å². The van der Waals surface area contributed by atoms with Gasteiger partial charge in [-0.1, -0.05) is 0 Å². The minimum Gasteiger partial charge on any atom is -0.480 e. The molecule has 0 aliphatic rings. The first-order chi connectivity index (χ1) is 11.3. The van der Waals surface area contributed by atoms with Gasteiger partial charge in [0.05, 0.1) is 6.42 Å². The van der Waals surface area contributed by atoms with Gasteiger partial charge < -0.3 is 15.0 Å². The number of nitrogens with one attached hydrogen (secondary N) is 1. The molecule has 1 unspecified atom stereocenters. The van der Waals surface area contributed by atoms with Crippen molar-refractivity contribution in [3.05, 3.63) is 46.1 Å². The molecule has 0 saturated carbocycles. The predicted molar refractivity (Wildman–Crippen MR) is 86.4 cm³/mol. The summed E-state index contributed by atoms with van der Waals surface area (Å²) >= 11 is 0. The van der Waals surface area contributed by atoms with Gasteiger partial charge >= 0.3 is 5.97 Å². The molecule has 0 saturated heterocycles. The monoisotopic (exact) mass is 330 g/mol. The first kappa shape index (κ1) is 17.3. The molecule has 2 heterocycles. The molecular formula is C16H18N4O4. The van der Waals surface area contributed by atoms with E-state index < -0.39 is 23.5 Å². The molecule has 0 bridgehead atoms. The zero-order valence-corrected chi connectivity index (χ0v) is 13.6. The lowest BCUT2D eigenvalue weighted by atomic mass is 10.1. The molecule has 0 radical (unpaired) electrons. The van der Waals surface area contributed by atoms with E-state index in [0.29, 0.717) is 17.1 Å². The standard InChI is InChI=1S/C16H18N4O4/c1-9-12(7-13(21)20(3)10(2)16(23)24)15(22)19-14(18-9)11-5-4-6-17-8-11/h4-6,8,10H,7H2,1-3H3,(H,23,24)(H,18,19,22). The minimum atomic E-state index is -1.11. The van der Waals surface area contributed by atoms with Crippen LogP contribution in [0.2, 0.25) is 0 Å². The van der Waals surface area contributed by atoms with E-state index in [9.17, 15) is 14.4 Å². The molecule has 0 aromatic carbocycles. The average Bonchev–Trinajstić information content (AvgIpc) is 2.57. The number of hydrogen-bond acceptors (Lipinski definition) is 5. The molecule has 0 aliphatic heterocycles. The third-order valence-corrected chi connectivity index (χ3v) is 3.82. The van der Waals surface area contributed by atoms with Gasteiger partial charge in [-0.15, -0.1) is 0 Å². The summed E-state index contributed by atoms with van der Waals surface area (Å²) in [4.78, 5) is 47.5. The summed E-state index contributed by atoms with van der Waals surface area (Å²) < 4.78 is 0. The average molecular weight is 330 g/mol. The molecule has 1 atom stereocenters. The van der Waals surface area contributed by atoms with Crippen LogP contribution >= 0.6 is 0 Å². The number of carbonyl (C=O) groups is 2. The van der Waals surface area contributed by atoms with Gasteiger partial charge in [0, 0.05) is 36.3 Å². The third kappa shape index (κ3) is 3.65. The van der Waals surface area contributed by atoms with Crippen LogP contribution in [0.1, 0.15) is 18.2 Å². The number of carboxylic acid groups (broad SMARTS) is 1. The van der Waals surface area contributed by atoms with Gasteiger partial charge in [-0.25, -0.2) is 9.78 Å². The number of likely N-dealkylation sites (N-methyl/N-ethyl adjacent to an activating group) is 1. The molecular weight excluding hydrogens is 312 g/mol. The van der Waals surface area contributed by atoms with Crippen molar-refractivity contribution >= 4 is 11.9 Å². The Labute approximate surface area is 138 Å². The SMILES string of the molecule is Cc1nc(-c2cccnc2)[nH]c(=O)c1CC(=O)N(C)C(C)C(=O)O. The van der Waals surface area contributed by atoms with Crippen LogP contribution in [0.15, 0.2) is 29.3 Å². The van der Waals surface area contributed by atoms with Crippen molar-refractivity contribution in [1.29, 1.82) is 0 Å². The molecule has 0 aliphatic carbocycles. The van der Waals surface area contributed by atoms with Crippen LogP contribution in [-0.4, -0.2) is 49.9 Å². The molecule has 24 heavy (non-hydrogen) atoms. The summed E-state index contributed by atoms with van der Waals surface area (Å²) in [5.74, 6) is -1.20. The number of aliphatic carboxylic acids is 1. The van der Waals surface area contributed by atoms with Gasteiger partial charge in [0.15, 0.2) is 0 Å². The Morgan fingerprint density at radius 2 is 2.12 bits per heavy atom. The fourth-order valence-corrected chi connectivity index (χ4v) is 2.12. The van der Waals surface area contributed by atoms with Crippen LogP contribution in [0.5, 0.6) is 0 Å². The summed E-state index contributed by atoms with van der Waals surface area (Å²) in [5.41, 5.74) is 0.873. The fraction of sp³-hybridized carbons (Fsp3) is 0.312. The number of nitrogens with zero attached hydrogens (tertiary/aromatic N) is 3. The van der Waals surface area contributed by atoms with E-state index in [1.807, 2.05) is 0 Å². The molecule has 0 fully saturated rings. The number of hydrogen-bond donors (Lipinski definition) is 2. The highest BCUT2D eigenvalue weighted by Crippen LogP contribution is 2.13. The Balaban J connectivity index is 2.28. The van der Waals surface area contributed by atoms with Gasteiger partial charge in [0.1, 0.15) is 11.9 Å².